The Morgan fingerprint density at radius 2 is 1.91 bits per heavy atom. The zero-order chi connectivity index (χ0) is 16.4. The second kappa shape index (κ2) is 6.42. The average molecular weight is 311 g/mol. The van der Waals surface area contributed by atoms with Gasteiger partial charge in [-0.25, -0.2) is 0 Å². The largest absolute Gasteiger partial charge is 0.508 e. The highest BCUT2D eigenvalue weighted by Gasteiger charge is 2.31. The van der Waals surface area contributed by atoms with E-state index in [0.717, 1.165) is 17.5 Å². The smallest absolute Gasteiger partial charge is 0.254 e. The minimum absolute atomic E-state index is 0.0705. The van der Waals surface area contributed by atoms with Crippen molar-refractivity contribution in [3.8, 4) is 5.75 Å². The quantitative estimate of drug-likeness (QED) is 0.896. The number of carbonyl (C=O) groups excluding carboxylic acids is 1. The molecular weight excluding hydrogens is 290 g/mol. The van der Waals surface area contributed by atoms with Gasteiger partial charge in [0, 0.05) is 24.6 Å². The summed E-state index contributed by atoms with van der Waals surface area (Å²) in [6.45, 7) is 2.76. The summed E-state index contributed by atoms with van der Waals surface area (Å²) in [7, 11) is 0. The zero-order valence-corrected chi connectivity index (χ0v) is 13.1. The van der Waals surface area contributed by atoms with Crippen LogP contribution in [-0.2, 0) is 0 Å². The number of aliphatic hydroxyl groups excluding tert-OH is 1. The Morgan fingerprint density at radius 3 is 2.57 bits per heavy atom. The number of hydrogen-bond donors (Lipinski definition) is 2. The molecule has 0 bridgehead atoms. The van der Waals surface area contributed by atoms with Crippen LogP contribution in [0.25, 0.3) is 0 Å². The molecule has 2 atom stereocenters. The van der Waals surface area contributed by atoms with Crippen molar-refractivity contribution in [2.45, 2.75) is 25.4 Å². The van der Waals surface area contributed by atoms with Crippen molar-refractivity contribution in [1.29, 1.82) is 0 Å². The van der Waals surface area contributed by atoms with E-state index in [2.05, 4.69) is 0 Å². The minimum atomic E-state index is -0.562. The Kier molecular flexibility index (Phi) is 4.35. The number of benzene rings is 2. The van der Waals surface area contributed by atoms with Gasteiger partial charge in [0.1, 0.15) is 5.75 Å². The summed E-state index contributed by atoms with van der Waals surface area (Å²) in [6, 6.07) is 14.7. The summed E-state index contributed by atoms with van der Waals surface area (Å²) in [5.41, 5.74) is 2.44. The van der Waals surface area contributed by atoms with Crippen LogP contribution in [0.3, 0.4) is 0 Å². The molecule has 1 fully saturated rings. The minimum Gasteiger partial charge on any atom is -0.508 e. The summed E-state index contributed by atoms with van der Waals surface area (Å²) in [6.07, 6.45) is 0.182. The lowest BCUT2D eigenvalue weighted by Gasteiger charge is -2.36. The average Bonchev–Trinajstić information content (AvgIpc) is 2.55. The number of β-amino-alcohol motifs (C(OH)–C–C–N with tert-alkyl or cyclic N) is 1. The van der Waals surface area contributed by atoms with E-state index in [-0.39, 0.29) is 17.6 Å². The maximum atomic E-state index is 12.7. The number of aryl methyl sites for hydroxylation is 1. The molecule has 4 heteroatoms. The van der Waals surface area contributed by atoms with Crippen molar-refractivity contribution in [2.75, 3.05) is 13.1 Å². The molecule has 1 aliphatic heterocycles. The first-order valence-electron chi connectivity index (χ1n) is 7.88. The second-order valence-corrected chi connectivity index (χ2v) is 6.12. The predicted molar refractivity (Wildman–Crippen MR) is 88.6 cm³/mol. The van der Waals surface area contributed by atoms with Crippen LogP contribution >= 0.6 is 0 Å². The van der Waals surface area contributed by atoms with E-state index in [1.165, 1.54) is 6.07 Å². The van der Waals surface area contributed by atoms with Gasteiger partial charge in [-0.05, 0) is 42.7 Å². The maximum absolute atomic E-state index is 12.7. The fourth-order valence-electron chi connectivity index (χ4n) is 3.26. The highest BCUT2D eigenvalue weighted by molar-refractivity contribution is 5.95. The SMILES string of the molecule is Cc1cc(O)ccc1C(=O)N1CC[C@@H](c2ccccc2)[C@H](O)C1. The van der Waals surface area contributed by atoms with Gasteiger partial charge in [-0.2, -0.15) is 0 Å². The van der Waals surface area contributed by atoms with E-state index in [0.29, 0.717) is 18.7 Å². The molecule has 1 aliphatic rings. The molecule has 2 N–H and O–H groups in total. The number of phenolic OH excluding ortho intramolecular Hbond substituents is 1. The fraction of sp³-hybridized carbons (Fsp3) is 0.316. The number of rotatable bonds is 2. The van der Waals surface area contributed by atoms with Crippen molar-refractivity contribution in [1.82, 2.24) is 4.90 Å². The second-order valence-electron chi connectivity index (χ2n) is 6.12. The molecule has 0 spiro atoms. The third kappa shape index (κ3) is 3.22. The molecule has 0 aromatic heterocycles. The Balaban J connectivity index is 1.73. The first-order valence-corrected chi connectivity index (χ1v) is 7.88. The number of piperidine rings is 1. The number of carbonyl (C=O) groups is 1. The predicted octanol–water partition coefficient (Wildman–Crippen LogP) is 2.69. The molecule has 4 nitrogen and oxygen atoms in total. The molecule has 1 saturated heterocycles. The van der Waals surface area contributed by atoms with Gasteiger partial charge in [0.2, 0.25) is 0 Å². The van der Waals surface area contributed by atoms with Crippen molar-refractivity contribution in [3.05, 3.63) is 65.2 Å². The molecule has 3 rings (SSSR count). The summed E-state index contributed by atoms with van der Waals surface area (Å²) in [4.78, 5) is 14.4. The van der Waals surface area contributed by atoms with E-state index in [9.17, 15) is 15.0 Å². The number of phenols is 1. The molecule has 0 aliphatic carbocycles. The van der Waals surface area contributed by atoms with Crippen LogP contribution in [0.2, 0.25) is 0 Å². The normalized spacial score (nSPS) is 21.2. The number of aromatic hydroxyl groups is 1. The number of likely N-dealkylation sites (tertiary alicyclic amines) is 1. The van der Waals surface area contributed by atoms with Crippen molar-refractivity contribution >= 4 is 5.91 Å². The lowest BCUT2D eigenvalue weighted by atomic mass is 9.87. The molecule has 0 unspecified atom stereocenters. The Morgan fingerprint density at radius 1 is 1.17 bits per heavy atom. The monoisotopic (exact) mass is 311 g/mol. The van der Waals surface area contributed by atoms with Gasteiger partial charge in [0.15, 0.2) is 0 Å². The summed E-state index contributed by atoms with van der Waals surface area (Å²) in [5.74, 6) is 0.135. The lowest BCUT2D eigenvalue weighted by Crippen LogP contribution is -2.45. The topological polar surface area (TPSA) is 60.8 Å². The standard InChI is InChI=1S/C19H21NO3/c1-13-11-15(21)7-8-16(13)19(23)20-10-9-17(18(22)12-20)14-5-3-2-4-6-14/h2-8,11,17-18,21-22H,9-10,12H2,1H3/t17-,18+/m0/s1. The van der Waals surface area contributed by atoms with E-state index in [4.69, 9.17) is 0 Å². The van der Waals surface area contributed by atoms with Gasteiger partial charge >= 0.3 is 0 Å². The highest BCUT2D eigenvalue weighted by Crippen LogP contribution is 2.29. The van der Waals surface area contributed by atoms with Gasteiger partial charge in [-0.1, -0.05) is 30.3 Å². The third-order valence-corrected chi connectivity index (χ3v) is 4.54. The highest BCUT2D eigenvalue weighted by atomic mass is 16.3. The van der Waals surface area contributed by atoms with E-state index in [1.54, 1.807) is 24.0 Å². The summed E-state index contributed by atoms with van der Waals surface area (Å²) >= 11 is 0. The fourth-order valence-corrected chi connectivity index (χ4v) is 3.26. The van der Waals surface area contributed by atoms with Gasteiger partial charge in [0.05, 0.1) is 6.10 Å². The number of nitrogens with zero attached hydrogens (tertiary/aromatic N) is 1. The van der Waals surface area contributed by atoms with Crippen LogP contribution in [0.1, 0.15) is 33.8 Å². The van der Waals surface area contributed by atoms with Crippen molar-refractivity contribution in [2.24, 2.45) is 0 Å². The summed E-state index contributed by atoms with van der Waals surface area (Å²) < 4.78 is 0. The van der Waals surface area contributed by atoms with E-state index < -0.39 is 6.10 Å². The van der Waals surface area contributed by atoms with Crippen LogP contribution in [-0.4, -0.2) is 40.2 Å². The van der Waals surface area contributed by atoms with E-state index in [1.807, 2.05) is 30.3 Å². The van der Waals surface area contributed by atoms with Crippen LogP contribution in [0, 0.1) is 6.92 Å². The van der Waals surface area contributed by atoms with E-state index >= 15 is 0 Å². The van der Waals surface area contributed by atoms with Crippen LogP contribution in [0.5, 0.6) is 5.75 Å². The Hall–Kier alpha value is -2.33. The Bertz CT molecular complexity index is 699. The van der Waals surface area contributed by atoms with Crippen molar-refractivity contribution < 1.29 is 15.0 Å². The first kappa shape index (κ1) is 15.6. The van der Waals surface area contributed by atoms with Crippen LogP contribution < -0.4 is 0 Å². The zero-order valence-electron chi connectivity index (χ0n) is 13.1. The number of aliphatic hydroxyl groups is 1. The van der Waals surface area contributed by atoms with Crippen LogP contribution in [0.4, 0.5) is 0 Å². The molecule has 2 aromatic rings. The van der Waals surface area contributed by atoms with Gasteiger partial charge in [-0.3, -0.25) is 4.79 Å². The van der Waals surface area contributed by atoms with Crippen molar-refractivity contribution in [3.63, 3.8) is 0 Å². The molecule has 1 heterocycles. The molecule has 120 valence electrons. The number of hydrogen-bond acceptors (Lipinski definition) is 3. The number of amides is 1. The summed E-state index contributed by atoms with van der Waals surface area (Å²) in [5, 5.41) is 19.9. The third-order valence-electron chi connectivity index (χ3n) is 4.54. The lowest BCUT2D eigenvalue weighted by molar-refractivity contribution is 0.0381. The molecule has 2 aromatic carbocycles. The molecule has 23 heavy (non-hydrogen) atoms. The van der Waals surface area contributed by atoms with Gasteiger partial charge < -0.3 is 15.1 Å². The Labute approximate surface area is 136 Å². The molecule has 0 saturated carbocycles. The maximum Gasteiger partial charge on any atom is 0.254 e. The molecule has 0 radical (unpaired) electrons. The molecule has 1 amide bonds. The van der Waals surface area contributed by atoms with Gasteiger partial charge in [0.25, 0.3) is 5.91 Å². The first-order chi connectivity index (χ1) is 11.1. The van der Waals surface area contributed by atoms with Crippen LogP contribution in [0.15, 0.2) is 48.5 Å². The molecular formula is C19H21NO3. The van der Waals surface area contributed by atoms with Gasteiger partial charge in [-0.15, -0.1) is 0 Å².